The highest BCUT2D eigenvalue weighted by Gasteiger charge is 2.21. The summed E-state index contributed by atoms with van der Waals surface area (Å²) in [6, 6.07) is 0. The molecule has 258 valence electrons. The van der Waals surface area contributed by atoms with Gasteiger partial charge in [0.1, 0.15) is 0 Å². The van der Waals surface area contributed by atoms with E-state index in [-0.39, 0.29) is 44.5 Å². The molecular weight excluding hydrogens is 604 g/mol. The fourth-order valence-electron chi connectivity index (χ4n) is 3.89. The topological polar surface area (TPSA) is 237 Å². The van der Waals surface area contributed by atoms with Crippen molar-refractivity contribution in [2.75, 3.05) is 97.9 Å². The molecule has 0 atom stereocenters. The number of aliphatic carboxylic acids is 3. The predicted octanol–water partition coefficient (Wildman–Crippen LogP) is -1.59. The van der Waals surface area contributed by atoms with Crippen molar-refractivity contribution in [1.29, 1.82) is 0 Å². The Morgan fingerprint density at radius 1 is 0.614 bits per heavy atom. The van der Waals surface area contributed by atoms with E-state index in [0.29, 0.717) is 65.2 Å². The number of carbonyl (C=O) groups is 5. The maximum absolute atomic E-state index is 12.5. The SMILES string of the molecule is CC.CCCCCNC(=O)CNC(=O)CN1CCN(CC(=O)O)CCN(CC(=O)O)CCN(CC(=O)O)CC1.CS(=O)(=O)O. The Labute approximate surface area is 260 Å². The van der Waals surface area contributed by atoms with Gasteiger partial charge in [-0.2, -0.15) is 8.42 Å². The largest absolute Gasteiger partial charge is 0.480 e. The standard InChI is InChI=1S/C23H42N6O8.C2H6.CH4O3S/c1-2-3-4-5-24-19(30)14-25-20(31)15-26-6-8-27(16-21(32)33)10-12-29(18-23(36)37)13-11-28(9-7-26)17-22(34)35;1-2;1-5(2,3)4/h2-18H2,1H3,(H,24,30)(H,25,31)(H,32,33)(H,34,35)(H,36,37);1-2H3;1H3,(H,2,3,4). The van der Waals surface area contributed by atoms with Gasteiger partial charge in [0.2, 0.25) is 11.8 Å². The van der Waals surface area contributed by atoms with Crippen LogP contribution in [0.4, 0.5) is 0 Å². The molecule has 1 fully saturated rings. The normalized spacial score (nSPS) is 16.0. The second-order valence-electron chi connectivity index (χ2n) is 9.85. The minimum atomic E-state index is -3.67. The van der Waals surface area contributed by atoms with Crippen LogP contribution >= 0.6 is 0 Å². The molecule has 0 saturated carbocycles. The Morgan fingerprint density at radius 3 is 1.23 bits per heavy atom. The first-order valence-electron chi connectivity index (χ1n) is 14.6. The van der Waals surface area contributed by atoms with Crippen LogP contribution in [0, 0.1) is 0 Å². The number of hydrogen-bond donors (Lipinski definition) is 6. The summed E-state index contributed by atoms with van der Waals surface area (Å²) in [5.74, 6) is -3.69. The minimum Gasteiger partial charge on any atom is -0.480 e. The van der Waals surface area contributed by atoms with Crippen LogP contribution in [0.5, 0.6) is 0 Å². The van der Waals surface area contributed by atoms with Gasteiger partial charge in [-0.1, -0.05) is 33.6 Å². The highest BCUT2D eigenvalue weighted by atomic mass is 32.2. The lowest BCUT2D eigenvalue weighted by Gasteiger charge is -2.32. The number of carbonyl (C=O) groups excluding carboxylic acids is 2. The molecule has 18 heteroatoms. The number of nitrogens with zero attached hydrogens (tertiary/aromatic N) is 4. The molecule has 0 aromatic rings. The van der Waals surface area contributed by atoms with Gasteiger partial charge < -0.3 is 26.0 Å². The van der Waals surface area contributed by atoms with E-state index in [4.69, 9.17) is 4.55 Å². The molecule has 0 aromatic carbocycles. The van der Waals surface area contributed by atoms with Crippen molar-refractivity contribution in [1.82, 2.24) is 30.2 Å². The summed E-state index contributed by atoms with van der Waals surface area (Å²) in [5.41, 5.74) is 0. The summed E-state index contributed by atoms with van der Waals surface area (Å²) in [6.45, 7) is 8.25. The van der Waals surface area contributed by atoms with Gasteiger partial charge in [0.25, 0.3) is 10.1 Å². The van der Waals surface area contributed by atoms with E-state index >= 15 is 0 Å². The van der Waals surface area contributed by atoms with Crippen molar-refractivity contribution in [3.8, 4) is 0 Å². The lowest BCUT2D eigenvalue weighted by Crippen LogP contribution is -2.50. The monoisotopic (exact) mass is 656 g/mol. The van der Waals surface area contributed by atoms with Gasteiger partial charge in [-0.3, -0.25) is 48.1 Å². The van der Waals surface area contributed by atoms with Crippen LogP contribution in [0.25, 0.3) is 0 Å². The van der Waals surface area contributed by atoms with Gasteiger partial charge in [0, 0.05) is 58.9 Å². The Balaban J connectivity index is 0. The van der Waals surface area contributed by atoms with Crippen molar-refractivity contribution in [2.45, 2.75) is 40.0 Å². The first kappa shape index (κ1) is 43.2. The van der Waals surface area contributed by atoms with Crippen LogP contribution in [0.1, 0.15) is 40.0 Å². The van der Waals surface area contributed by atoms with E-state index in [1.807, 2.05) is 13.8 Å². The molecule has 1 heterocycles. The maximum atomic E-state index is 12.5. The lowest BCUT2D eigenvalue weighted by molar-refractivity contribution is -0.140. The van der Waals surface area contributed by atoms with Crippen LogP contribution in [-0.4, -0.2) is 175 Å². The molecular formula is C26H52N6O11S. The molecule has 17 nitrogen and oxygen atoms in total. The summed E-state index contributed by atoms with van der Waals surface area (Å²) >= 11 is 0. The second-order valence-corrected chi connectivity index (χ2v) is 11.3. The number of rotatable bonds is 14. The van der Waals surface area contributed by atoms with Crippen LogP contribution in [0.15, 0.2) is 0 Å². The third-order valence-electron chi connectivity index (χ3n) is 5.92. The quantitative estimate of drug-likeness (QED) is 0.0913. The third-order valence-corrected chi connectivity index (χ3v) is 5.92. The van der Waals surface area contributed by atoms with Crippen molar-refractivity contribution >= 4 is 39.8 Å². The predicted molar refractivity (Wildman–Crippen MR) is 163 cm³/mol. The summed E-state index contributed by atoms with van der Waals surface area (Å²) in [6.07, 6.45) is 3.64. The molecule has 1 saturated heterocycles. The molecule has 44 heavy (non-hydrogen) atoms. The van der Waals surface area contributed by atoms with Crippen molar-refractivity contribution in [2.24, 2.45) is 0 Å². The Kier molecular flexibility index (Phi) is 25.0. The maximum Gasteiger partial charge on any atom is 0.317 e. The van der Waals surface area contributed by atoms with E-state index < -0.39 is 28.0 Å². The molecule has 0 radical (unpaired) electrons. The molecule has 0 aromatic heterocycles. The summed E-state index contributed by atoms with van der Waals surface area (Å²) in [5, 5.41) is 33.1. The molecule has 1 aliphatic heterocycles. The highest BCUT2D eigenvalue weighted by molar-refractivity contribution is 7.85. The number of hydrogen-bond acceptors (Lipinski definition) is 11. The summed E-state index contributed by atoms with van der Waals surface area (Å²) in [7, 11) is -3.67. The number of unbranched alkanes of at least 4 members (excludes halogenated alkanes) is 2. The summed E-state index contributed by atoms with van der Waals surface area (Å²) < 4.78 is 25.9. The summed E-state index contributed by atoms with van der Waals surface area (Å²) in [4.78, 5) is 65.2. The molecule has 0 aliphatic carbocycles. The van der Waals surface area contributed by atoms with E-state index in [1.54, 1.807) is 19.6 Å². The Bertz CT molecular complexity index is 928. The molecule has 0 spiro atoms. The van der Waals surface area contributed by atoms with Crippen LogP contribution in [0.2, 0.25) is 0 Å². The first-order valence-corrected chi connectivity index (χ1v) is 16.4. The van der Waals surface area contributed by atoms with Gasteiger partial charge in [-0.25, -0.2) is 0 Å². The van der Waals surface area contributed by atoms with Crippen LogP contribution < -0.4 is 10.6 Å². The number of carboxylic acids is 3. The molecule has 2 amide bonds. The van der Waals surface area contributed by atoms with Gasteiger partial charge >= 0.3 is 17.9 Å². The third kappa shape index (κ3) is 29.2. The highest BCUT2D eigenvalue weighted by Crippen LogP contribution is 2.01. The molecule has 0 bridgehead atoms. The molecule has 1 rings (SSSR count). The second kappa shape index (κ2) is 25.4. The van der Waals surface area contributed by atoms with Gasteiger partial charge in [0.15, 0.2) is 0 Å². The van der Waals surface area contributed by atoms with Crippen molar-refractivity contribution in [3.63, 3.8) is 0 Å². The fourth-order valence-corrected chi connectivity index (χ4v) is 3.89. The Hall–Kier alpha value is -2.90. The molecule has 1 aliphatic rings. The smallest absolute Gasteiger partial charge is 0.317 e. The number of carboxylic acid groups (broad SMARTS) is 3. The number of amides is 2. The zero-order valence-electron chi connectivity index (χ0n) is 26.4. The van der Waals surface area contributed by atoms with Gasteiger partial charge in [-0.05, 0) is 6.42 Å². The average Bonchev–Trinajstić information content (AvgIpc) is 2.90. The van der Waals surface area contributed by atoms with E-state index in [9.17, 15) is 47.7 Å². The molecule has 0 unspecified atom stereocenters. The van der Waals surface area contributed by atoms with E-state index in [0.717, 1.165) is 19.3 Å². The zero-order chi connectivity index (χ0) is 34.1. The lowest BCUT2D eigenvalue weighted by atomic mass is 10.2. The zero-order valence-corrected chi connectivity index (χ0v) is 27.2. The minimum absolute atomic E-state index is 0.0317. The van der Waals surface area contributed by atoms with Gasteiger partial charge in [0.05, 0.1) is 39.0 Å². The Morgan fingerprint density at radius 2 is 0.932 bits per heavy atom. The first-order chi connectivity index (χ1) is 20.6. The van der Waals surface area contributed by atoms with E-state index in [2.05, 4.69) is 17.6 Å². The van der Waals surface area contributed by atoms with Crippen molar-refractivity contribution in [3.05, 3.63) is 0 Å². The van der Waals surface area contributed by atoms with Crippen molar-refractivity contribution < 1.29 is 52.3 Å². The average molecular weight is 657 g/mol. The van der Waals surface area contributed by atoms with Crippen LogP contribution in [-0.2, 0) is 34.1 Å². The fraction of sp³-hybridized carbons (Fsp3) is 0.808. The van der Waals surface area contributed by atoms with Gasteiger partial charge in [-0.15, -0.1) is 0 Å². The molecule has 6 N–H and O–H groups in total. The van der Waals surface area contributed by atoms with E-state index in [1.165, 1.54) is 0 Å². The van der Waals surface area contributed by atoms with Crippen LogP contribution in [0.3, 0.4) is 0 Å². The number of nitrogens with one attached hydrogen (secondary N) is 2.